The Morgan fingerprint density at radius 3 is 2.93 bits per heavy atom. The van der Waals surface area contributed by atoms with E-state index in [1.807, 2.05) is 6.07 Å². The van der Waals surface area contributed by atoms with E-state index in [1.54, 1.807) is 12.1 Å². The first kappa shape index (κ1) is 10.6. The van der Waals surface area contributed by atoms with Crippen molar-refractivity contribution in [1.29, 1.82) is 0 Å². The molecule has 0 amide bonds. The van der Waals surface area contributed by atoms with E-state index < -0.39 is 0 Å². The molecule has 15 heavy (non-hydrogen) atoms. The minimum Gasteiger partial charge on any atom is -0.491 e. The lowest BCUT2D eigenvalue weighted by Gasteiger charge is -2.26. The van der Waals surface area contributed by atoms with Gasteiger partial charge in [0.05, 0.1) is 6.10 Å². The van der Waals surface area contributed by atoms with E-state index in [1.165, 1.54) is 0 Å². The molecule has 1 saturated heterocycles. The highest BCUT2D eigenvalue weighted by molar-refractivity contribution is 9.10. The van der Waals surface area contributed by atoms with Crippen LogP contribution < -0.4 is 4.74 Å². The third-order valence-corrected chi connectivity index (χ3v) is 2.72. The van der Waals surface area contributed by atoms with Gasteiger partial charge in [-0.1, -0.05) is 15.9 Å². The first-order valence-corrected chi connectivity index (χ1v) is 5.57. The molecule has 1 aliphatic rings. The number of hydrogen-bond acceptors (Lipinski definition) is 3. The Bertz CT molecular complexity index is 361. The maximum absolute atomic E-state index is 10.6. The second-order valence-electron chi connectivity index (χ2n) is 3.43. The number of hydrogen-bond donors (Lipinski definition) is 0. The molecule has 2 rings (SSSR count). The Hall–Kier alpha value is -0.870. The van der Waals surface area contributed by atoms with E-state index in [0.29, 0.717) is 17.9 Å². The number of ether oxygens (including phenoxy) is 2. The second-order valence-corrected chi connectivity index (χ2v) is 4.35. The zero-order chi connectivity index (χ0) is 10.7. The summed E-state index contributed by atoms with van der Waals surface area (Å²) < 4.78 is 11.6. The summed E-state index contributed by atoms with van der Waals surface area (Å²) >= 11 is 3.32. The molecule has 1 fully saturated rings. The minimum absolute atomic E-state index is 0.212. The van der Waals surface area contributed by atoms with Gasteiger partial charge in [-0.25, -0.2) is 0 Å². The van der Waals surface area contributed by atoms with Crippen molar-refractivity contribution >= 4 is 22.2 Å². The van der Waals surface area contributed by atoms with Crippen LogP contribution in [0.3, 0.4) is 0 Å². The van der Waals surface area contributed by atoms with Crippen molar-refractivity contribution in [3.05, 3.63) is 28.2 Å². The van der Waals surface area contributed by atoms with Crippen LogP contribution >= 0.6 is 15.9 Å². The summed E-state index contributed by atoms with van der Waals surface area (Å²) in [5, 5.41) is 0. The molecule has 1 unspecified atom stereocenters. The molecule has 1 aromatic carbocycles. The Morgan fingerprint density at radius 2 is 2.33 bits per heavy atom. The fraction of sp³-hybridized carbons (Fsp3) is 0.364. The van der Waals surface area contributed by atoms with Crippen LogP contribution in [-0.2, 0) is 4.74 Å². The molecule has 0 N–H and O–H groups in total. The molecule has 0 aromatic heterocycles. The number of carbonyl (C=O) groups is 1. The smallest absolute Gasteiger partial charge is 0.150 e. The highest BCUT2D eigenvalue weighted by atomic mass is 79.9. The molecule has 0 spiro atoms. The zero-order valence-electron chi connectivity index (χ0n) is 8.11. The molecule has 1 aromatic rings. The van der Waals surface area contributed by atoms with Gasteiger partial charge in [0, 0.05) is 23.1 Å². The number of benzene rings is 1. The quantitative estimate of drug-likeness (QED) is 0.789. The monoisotopic (exact) mass is 270 g/mol. The fourth-order valence-corrected chi connectivity index (χ4v) is 1.83. The molecule has 0 radical (unpaired) electrons. The van der Waals surface area contributed by atoms with Gasteiger partial charge in [0.25, 0.3) is 0 Å². The largest absolute Gasteiger partial charge is 0.491 e. The van der Waals surface area contributed by atoms with Gasteiger partial charge in [0.2, 0.25) is 0 Å². The van der Waals surface area contributed by atoms with Gasteiger partial charge in [-0.05, 0) is 18.2 Å². The predicted octanol–water partition coefficient (Wildman–Crippen LogP) is 2.43. The average molecular weight is 271 g/mol. The number of aldehydes is 1. The van der Waals surface area contributed by atoms with E-state index >= 15 is 0 Å². The van der Waals surface area contributed by atoms with Crippen molar-refractivity contribution in [1.82, 2.24) is 0 Å². The SMILES string of the molecule is O=Cc1cc(Br)cc(OCC2CCO2)c1. The van der Waals surface area contributed by atoms with E-state index in [2.05, 4.69) is 15.9 Å². The lowest BCUT2D eigenvalue weighted by molar-refractivity contribution is -0.0720. The van der Waals surface area contributed by atoms with E-state index in [4.69, 9.17) is 9.47 Å². The Morgan fingerprint density at radius 1 is 1.53 bits per heavy atom. The third-order valence-electron chi connectivity index (χ3n) is 2.26. The fourth-order valence-electron chi connectivity index (χ4n) is 1.34. The first-order valence-electron chi connectivity index (χ1n) is 4.78. The molecule has 1 heterocycles. The summed E-state index contributed by atoms with van der Waals surface area (Å²) in [5.41, 5.74) is 0.605. The molecule has 0 aliphatic carbocycles. The van der Waals surface area contributed by atoms with Crippen LogP contribution in [0.5, 0.6) is 5.75 Å². The lowest BCUT2D eigenvalue weighted by Crippen LogP contribution is -2.32. The first-order chi connectivity index (χ1) is 7.28. The van der Waals surface area contributed by atoms with Gasteiger partial charge < -0.3 is 9.47 Å². The predicted molar refractivity (Wildman–Crippen MR) is 59.4 cm³/mol. The van der Waals surface area contributed by atoms with Gasteiger partial charge in [-0.3, -0.25) is 4.79 Å². The van der Waals surface area contributed by atoms with Crippen LogP contribution in [-0.4, -0.2) is 25.6 Å². The molecule has 1 atom stereocenters. The molecule has 3 nitrogen and oxygen atoms in total. The van der Waals surface area contributed by atoms with Crippen LogP contribution in [0.25, 0.3) is 0 Å². The third kappa shape index (κ3) is 2.79. The maximum Gasteiger partial charge on any atom is 0.150 e. The minimum atomic E-state index is 0.212. The van der Waals surface area contributed by atoms with Crippen molar-refractivity contribution < 1.29 is 14.3 Å². The van der Waals surface area contributed by atoms with E-state index in [0.717, 1.165) is 23.8 Å². The highest BCUT2D eigenvalue weighted by Crippen LogP contribution is 2.22. The van der Waals surface area contributed by atoms with Crippen LogP contribution in [0.15, 0.2) is 22.7 Å². The molecule has 1 aliphatic heterocycles. The Kier molecular flexibility index (Phi) is 3.38. The Labute approximate surface area is 96.5 Å². The summed E-state index contributed by atoms with van der Waals surface area (Å²) in [5.74, 6) is 0.696. The van der Waals surface area contributed by atoms with Crippen molar-refractivity contribution in [3.8, 4) is 5.75 Å². The molecule has 0 saturated carbocycles. The summed E-state index contributed by atoms with van der Waals surface area (Å²) in [6, 6.07) is 5.31. The van der Waals surface area contributed by atoms with E-state index in [-0.39, 0.29) is 6.10 Å². The molecule has 0 bridgehead atoms. The molecular formula is C11H11BrO3. The highest BCUT2D eigenvalue weighted by Gasteiger charge is 2.18. The van der Waals surface area contributed by atoms with Gasteiger partial charge in [0.15, 0.2) is 0 Å². The van der Waals surface area contributed by atoms with Crippen molar-refractivity contribution in [3.63, 3.8) is 0 Å². The van der Waals surface area contributed by atoms with Gasteiger partial charge in [-0.2, -0.15) is 0 Å². The van der Waals surface area contributed by atoms with Crippen LogP contribution in [0.2, 0.25) is 0 Å². The standard InChI is InChI=1S/C11H11BrO3/c12-9-3-8(6-13)4-11(5-9)15-7-10-1-2-14-10/h3-6,10H,1-2,7H2. The Balaban J connectivity index is 1.99. The number of carbonyl (C=O) groups excluding carboxylic acids is 1. The second kappa shape index (κ2) is 4.77. The summed E-state index contributed by atoms with van der Waals surface area (Å²) in [7, 11) is 0. The number of rotatable bonds is 4. The molecule has 4 heteroatoms. The topological polar surface area (TPSA) is 35.5 Å². The summed E-state index contributed by atoms with van der Waals surface area (Å²) in [6.45, 7) is 1.38. The van der Waals surface area contributed by atoms with Crippen molar-refractivity contribution in [2.45, 2.75) is 12.5 Å². The van der Waals surface area contributed by atoms with Crippen molar-refractivity contribution in [2.24, 2.45) is 0 Å². The lowest BCUT2D eigenvalue weighted by atomic mass is 10.2. The average Bonchev–Trinajstić information content (AvgIpc) is 2.14. The van der Waals surface area contributed by atoms with Crippen LogP contribution in [0.1, 0.15) is 16.8 Å². The maximum atomic E-state index is 10.6. The van der Waals surface area contributed by atoms with Gasteiger partial charge >= 0.3 is 0 Å². The number of halogens is 1. The summed E-state index contributed by atoms with van der Waals surface area (Å²) in [6.07, 6.45) is 2.06. The van der Waals surface area contributed by atoms with Crippen molar-refractivity contribution in [2.75, 3.05) is 13.2 Å². The normalized spacial score (nSPS) is 19.4. The van der Waals surface area contributed by atoms with Gasteiger partial charge in [0.1, 0.15) is 18.6 Å². The molecule has 80 valence electrons. The molecular weight excluding hydrogens is 260 g/mol. The van der Waals surface area contributed by atoms with Gasteiger partial charge in [-0.15, -0.1) is 0 Å². The van der Waals surface area contributed by atoms with E-state index in [9.17, 15) is 4.79 Å². The zero-order valence-corrected chi connectivity index (χ0v) is 9.70. The van der Waals surface area contributed by atoms with Crippen LogP contribution in [0.4, 0.5) is 0 Å². The summed E-state index contributed by atoms with van der Waals surface area (Å²) in [4.78, 5) is 10.6. The van der Waals surface area contributed by atoms with Crippen LogP contribution in [0, 0.1) is 0 Å².